The number of carbonyl (C=O) groups excluding carboxylic acids is 2. The first-order valence-electron chi connectivity index (χ1n) is 9.39. The van der Waals surface area contributed by atoms with Gasteiger partial charge in [0, 0.05) is 18.5 Å². The zero-order valence-electron chi connectivity index (χ0n) is 17.0. The molecule has 0 spiro atoms. The summed E-state index contributed by atoms with van der Waals surface area (Å²) in [5.41, 5.74) is -1.15. The molecule has 1 aromatic rings. The number of ether oxygens (including phenoxy) is 2. The molecule has 1 saturated heterocycles. The molecule has 2 atom stereocenters. The average molecular weight is 401 g/mol. The molecule has 1 aliphatic rings. The van der Waals surface area contributed by atoms with Crippen molar-refractivity contribution in [2.24, 2.45) is 0 Å². The lowest BCUT2D eigenvalue weighted by Crippen LogP contribution is -2.57. The van der Waals surface area contributed by atoms with Gasteiger partial charge in [-0.1, -0.05) is 31.3 Å². The minimum atomic E-state index is -2.16. The van der Waals surface area contributed by atoms with Crippen LogP contribution in [-0.4, -0.2) is 44.1 Å². The maximum atomic E-state index is 13.0. The number of carbonyl (C=O) groups is 2. The molecule has 1 heterocycles. The maximum absolute atomic E-state index is 13.0. The predicted molar refractivity (Wildman–Crippen MR) is 109 cm³/mol. The lowest BCUT2D eigenvalue weighted by Gasteiger charge is -2.40. The number of methoxy groups -OCH3 is 1. The van der Waals surface area contributed by atoms with Gasteiger partial charge in [0.1, 0.15) is 11.8 Å². The molecule has 1 aromatic carbocycles. The molecule has 28 heavy (non-hydrogen) atoms. The predicted octanol–water partition coefficient (Wildman–Crippen LogP) is 3.52. The first-order chi connectivity index (χ1) is 13.3. The van der Waals surface area contributed by atoms with Crippen molar-refractivity contribution in [3.8, 4) is 11.8 Å². The number of hydrogen-bond acceptors (Lipinski definition) is 5. The summed E-state index contributed by atoms with van der Waals surface area (Å²) >= 11 is 0. The summed E-state index contributed by atoms with van der Waals surface area (Å²) in [7, 11) is -0.577. The van der Waals surface area contributed by atoms with E-state index in [0.717, 1.165) is 5.56 Å². The Labute approximate surface area is 167 Å². The van der Waals surface area contributed by atoms with Gasteiger partial charge in [-0.3, -0.25) is 4.79 Å². The van der Waals surface area contributed by atoms with E-state index < -0.39 is 19.6 Å². The van der Waals surface area contributed by atoms with Gasteiger partial charge in [0.25, 0.3) is 0 Å². The van der Waals surface area contributed by atoms with Gasteiger partial charge in [-0.25, -0.2) is 4.79 Å². The van der Waals surface area contributed by atoms with Crippen molar-refractivity contribution < 1.29 is 19.1 Å². The fraction of sp³-hybridized carbons (Fsp3) is 0.476. The summed E-state index contributed by atoms with van der Waals surface area (Å²) in [6.07, 6.45) is 1.99. The maximum Gasteiger partial charge on any atom is 0.347 e. The summed E-state index contributed by atoms with van der Waals surface area (Å²) < 4.78 is 10.5. The second kappa shape index (κ2) is 8.61. The number of amides is 1. The largest absolute Gasteiger partial charge is 0.497 e. The third kappa shape index (κ3) is 3.83. The molecule has 2 rings (SSSR count). The molecule has 0 radical (unpaired) electrons. The topological polar surface area (TPSA) is 79.6 Å². The van der Waals surface area contributed by atoms with Crippen LogP contribution >= 0.6 is 0 Å². The van der Waals surface area contributed by atoms with Gasteiger partial charge in [-0.15, -0.1) is 6.58 Å². The highest BCUT2D eigenvalue weighted by Crippen LogP contribution is 2.49. The van der Waals surface area contributed by atoms with Crippen molar-refractivity contribution in [2.45, 2.75) is 50.1 Å². The number of benzene rings is 1. The van der Waals surface area contributed by atoms with Crippen molar-refractivity contribution >= 4 is 20.0 Å². The van der Waals surface area contributed by atoms with Crippen LogP contribution in [0.1, 0.15) is 18.9 Å². The van der Waals surface area contributed by atoms with Crippen LogP contribution in [0.4, 0.5) is 0 Å². The standard InChI is InChI=1S/C21H28N2O4Si/c1-6-12-28(4,5)18-13-19(24)23(21(18,15-22)20(25)27-7-2)14-16-8-10-17(26-3)11-9-16/h6,8-11,18H,1,7,12-14H2,2-5H3/t18-,21+/m0/s1. The van der Waals surface area contributed by atoms with Crippen molar-refractivity contribution in [3.05, 3.63) is 42.5 Å². The van der Waals surface area contributed by atoms with Crippen LogP contribution in [0.2, 0.25) is 24.7 Å². The molecule has 6 nitrogen and oxygen atoms in total. The van der Waals surface area contributed by atoms with Gasteiger partial charge in [0.05, 0.1) is 21.8 Å². The van der Waals surface area contributed by atoms with Crippen LogP contribution in [-0.2, 0) is 20.9 Å². The monoisotopic (exact) mass is 400 g/mol. The highest BCUT2D eigenvalue weighted by atomic mass is 28.3. The Balaban J connectivity index is 2.51. The van der Waals surface area contributed by atoms with Crippen LogP contribution in [0, 0.1) is 11.3 Å². The summed E-state index contributed by atoms with van der Waals surface area (Å²) in [5.74, 6) is -0.127. The first kappa shape index (κ1) is 21.7. The first-order valence-corrected chi connectivity index (χ1v) is 12.7. The van der Waals surface area contributed by atoms with Crippen molar-refractivity contribution in [3.63, 3.8) is 0 Å². The van der Waals surface area contributed by atoms with Gasteiger partial charge in [0.2, 0.25) is 11.4 Å². The molecule has 1 amide bonds. The zero-order chi connectivity index (χ0) is 20.9. The quantitative estimate of drug-likeness (QED) is 0.379. The number of esters is 1. The lowest BCUT2D eigenvalue weighted by molar-refractivity contribution is -0.156. The molecule has 0 bridgehead atoms. The van der Waals surface area contributed by atoms with Crippen LogP contribution in [0.3, 0.4) is 0 Å². The van der Waals surface area contributed by atoms with Gasteiger partial charge < -0.3 is 14.4 Å². The highest BCUT2D eigenvalue weighted by Gasteiger charge is 2.63. The van der Waals surface area contributed by atoms with E-state index in [-0.39, 0.29) is 31.0 Å². The van der Waals surface area contributed by atoms with Crippen LogP contribution in [0.15, 0.2) is 36.9 Å². The van der Waals surface area contributed by atoms with E-state index in [1.165, 1.54) is 4.90 Å². The van der Waals surface area contributed by atoms with Gasteiger partial charge in [-0.05, 0) is 30.7 Å². The molecule has 0 saturated carbocycles. The molecule has 0 unspecified atom stereocenters. The molecule has 0 aliphatic carbocycles. The number of rotatable bonds is 8. The molecule has 1 aliphatic heterocycles. The fourth-order valence-corrected chi connectivity index (χ4v) is 7.20. The Morgan fingerprint density at radius 1 is 1.43 bits per heavy atom. The van der Waals surface area contributed by atoms with Gasteiger partial charge >= 0.3 is 5.97 Å². The van der Waals surface area contributed by atoms with Crippen molar-refractivity contribution in [2.75, 3.05) is 13.7 Å². The van der Waals surface area contributed by atoms with Crippen molar-refractivity contribution in [1.82, 2.24) is 4.90 Å². The van der Waals surface area contributed by atoms with E-state index in [1.807, 2.05) is 18.2 Å². The average Bonchev–Trinajstić information content (AvgIpc) is 2.96. The Morgan fingerprint density at radius 3 is 2.57 bits per heavy atom. The molecular formula is C21H28N2O4Si. The van der Waals surface area contributed by atoms with Gasteiger partial charge in [-0.2, -0.15) is 5.26 Å². The molecule has 0 N–H and O–H groups in total. The van der Waals surface area contributed by atoms with Crippen LogP contribution < -0.4 is 4.74 Å². The Kier molecular flexibility index (Phi) is 6.67. The SMILES string of the molecule is C=CC[Si](C)(C)[C@H]1CC(=O)N(Cc2ccc(OC)cc2)[C@@]1(C#N)C(=O)OCC. The van der Waals surface area contributed by atoms with E-state index >= 15 is 0 Å². The molecule has 1 fully saturated rings. The summed E-state index contributed by atoms with van der Waals surface area (Å²) in [6.45, 7) is 10.0. The summed E-state index contributed by atoms with van der Waals surface area (Å²) in [6, 6.07) is 10.2. The second-order valence-electron chi connectivity index (χ2n) is 7.66. The Bertz CT molecular complexity index is 785. The van der Waals surface area contributed by atoms with Crippen molar-refractivity contribution in [1.29, 1.82) is 5.26 Å². The van der Waals surface area contributed by atoms with E-state index in [2.05, 4.69) is 25.7 Å². The zero-order valence-corrected chi connectivity index (χ0v) is 18.0. The third-order valence-corrected chi connectivity index (χ3v) is 9.33. The van der Waals surface area contributed by atoms with E-state index in [1.54, 1.807) is 26.2 Å². The number of nitriles is 1. The number of likely N-dealkylation sites (tertiary alicyclic amines) is 1. The summed E-state index contributed by atoms with van der Waals surface area (Å²) in [4.78, 5) is 27.4. The molecular weight excluding hydrogens is 372 g/mol. The minimum absolute atomic E-state index is 0.156. The van der Waals surface area contributed by atoms with E-state index in [0.29, 0.717) is 11.8 Å². The Hall–Kier alpha value is -2.59. The van der Waals surface area contributed by atoms with Crippen LogP contribution in [0.5, 0.6) is 5.75 Å². The van der Waals surface area contributed by atoms with E-state index in [9.17, 15) is 14.9 Å². The number of hydrogen-bond donors (Lipinski definition) is 0. The highest BCUT2D eigenvalue weighted by molar-refractivity contribution is 6.80. The van der Waals surface area contributed by atoms with E-state index in [4.69, 9.17) is 9.47 Å². The lowest BCUT2D eigenvalue weighted by atomic mass is 9.96. The minimum Gasteiger partial charge on any atom is -0.497 e. The molecule has 0 aromatic heterocycles. The smallest absolute Gasteiger partial charge is 0.347 e. The normalized spacial score (nSPS) is 21.9. The second-order valence-corrected chi connectivity index (χ2v) is 12.7. The van der Waals surface area contributed by atoms with Crippen LogP contribution in [0.25, 0.3) is 0 Å². The third-order valence-electron chi connectivity index (χ3n) is 5.48. The molecule has 150 valence electrons. The Morgan fingerprint density at radius 2 is 2.07 bits per heavy atom. The number of allylic oxidation sites excluding steroid dienone is 1. The fourth-order valence-electron chi connectivity index (χ4n) is 3.98. The number of nitrogens with zero attached hydrogens (tertiary/aromatic N) is 2. The summed E-state index contributed by atoms with van der Waals surface area (Å²) in [5, 5.41) is 10.2. The molecule has 7 heteroatoms. The van der Waals surface area contributed by atoms with Gasteiger partial charge in [0.15, 0.2) is 0 Å².